The lowest BCUT2D eigenvalue weighted by Crippen LogP contribution is -2.38. The molecule has 1 aliphatic heterocycles. The molecular weight excluding hydrogens is 256 g/mol. The molecule has 0 aromatic rings. The van der Waals surface area contributed by atoms with Gasteiger partial charge in [-0.25, -0.2) is 0 Å². The van der Waals surface area contributed by atoms with Gasteiger partial charge in [-0.1, -0.05) is 72.1 Å². The number of nitrogens with zero attached hydrogens (tertiary/aromatic N) is 2. The molecule has 0 bridgehead atoms. The van der Waals surface area contributed by atoms with Crippen molar-refractivity contribution in [2.24, 2.45) is 0 Å². The zero-order chi connectivity index (χ0) is 15.3. The molecule has 124 valence electrons. The van der Waals surface area contributed by atoms with E-state index in [9.17, 15) is 0 Å². The topological polar surface area (TPSA) is 6.48 Å². The maximum absolute atomic E-state index is 2.57. The molecule has 2 heteroatoms. The van der Waals surface area contributed by atoms with Gasteiger partial charge in [-0.15, -0.1) is 0 Å². The van der Waals surface area contributed by atoms with Crippen LogP contribution in [0.25, 0.3) is 0 Å². The van der Waals surface area contributed by atoms with Gasteiger partial charge in [0.2, 0.25) is 0 Å². The molecule has 0 saturated heterocycles. The van der Waals surface area contributed by atoms with Gasteiger partial charge in [0.15, 0.2) is 0 Å². The lowest BCUT2D eigenvalue weighted by atomic mass is 10.1. The lowest BCUT2D eigenvalue weighted by molar-refractivity contribution is 0.144. The molecule has 21 heavy (non-hydrogen) atoms. The molecule has 0 aromatic heterocycles. The fourth-order valence-electron chi connectivity index (χ4n) is 3.27. The van der Waals surface area contributed by atoms with Crippen LogP contribution in [0, 0.1) is 0 Å². The average molecular weight is 295 g/mol. The summed E-state index contributed by atoms with van der Waals surface area (Å²) in [4.78, 5) is 5.12. The molecule has 1 atom stereocenters. The second-order valence-electron chi connectivity index (χ2n) is 6.49. The molecule has 0 spiro atoms. The van der Waals surface area contributed by atoms with Gasteiger partial charge in [-0.3, -0.25) is 0 Å². The van der Waals surface area contributed by atoms with Crippen molar-refractivity contribution >= 4 is 0 Å². The molecule has 0 radical (unpaired) electrons. The van der Waals surface area contributed by atoms with Gasteiger partial charge in [-0.05, 0) is 19.3 Å². The van der Waals surface area contributed by atoms with E-state index >= 15 is 0 Å². The maximum Gasteiger partial charge on any atom is 0.100 e. The van der Waals surface area contributed by atoms with Crippen LogP contribution < -0.4 is 0 Å². The van der Waals surface area contributed by atoms with E-state index in [4.69, 9.17) is 0 Å². The standard InChI is InChI=1S/C19H38N2/c1-4-7-9-10-11-12-14-16-21-18-17-20(19(21)6-3)15-13-8-5-2/h17-19H,4-16H2,1-3H3. The Morgan fingerprint density at radius 3 is 1.57 bits per heavy atom. The first-order chi connectivity index (χ1) is 10.3. The smallest absolute Gasteiger partial charge is 0.100 e. The Balaban J connectivity index is 2.13. The summed E-state index contributed by atoms with van der Waals surface area (Å²) < 4.78 is 0. The summed E-state index contributed by atoms with van der Waals surface area (Å²) in [5.74, 6) is 0. The highest BCUT2D eigenvalue weighted by molar-refractivity contribution is 4.96. The minimum Gasteiger partial charge on any atom is -0.356 e. The van der Waals surface area contributed by atoms with Crippen molar-refractivity contribution in [3.63, 3.8) is 0 Å². The molecule has 1 rings (SSSR count). The van der Waals surface area contributed by atoms with E-state index in [1.807, 2.05) is 0 Å². The van der Waals surface area contributed by atoms with E-state index in [1.54, 1.807) is 0 Å². The van der Waals surface area contributed by atoms with Gasteiger partial charge < -0.3 is 9.80 Å². The second kappa shape index (κ2) is 11.9. The first-order valence-corrected chi connectivity index (χ1v) is 9.53. The summed E-state index contributed by atoms with van der Waals surface area (Å²) >= 11 is 0. The van der Waals surface area contributed by atoms with Crippen LogP contribution in [0.15, 0.2) is 12.4 Å². The Hall–Kier alpha value is -0.660. The van der Waals surface area contributed by atoms with Crippen molar-refractivity contribution in [2.45, 2.75) is 97.6 Å². The summed E-state index contributed by atoms with van der Waals surface area (Å²) in [6.07, 6.45) is 20.3. The van der Waals surface area contributed by atoms with E-state index in [-0.39, 0.29) is 0 Å². The summed E-state index contributed by atoms with van der Waals surface area (Å²) in [6, 6.07) is 0. The molecule has 0 saturated carbocycles. The van der Waals surface area contributed by atoms with Crippen LogP contribution in [-0.2, 0) is 0 Å². The second-order valence-corrected chi connectivity index (χ2v) is 6.49. The molecule has 2 nitrogen and oxygen atoms in total. The third kappa shape index (κ3) is 7.24. The van der Waals surface area contributed by atoms with Gasteiger partial charge in [-0.2, -0.15) is 0 Å². The van der Waals surface area contributed by atoms with Crippen molar-refractivity contribution in [3.05, 3.63) is 12.4 Å². The number of rotatable bonds is 13. The number of unbranched alkanes of at least 4 members (excludes halogenated alkanes) is 8. The molecule has 1 unspecified atom stereocenters. The van der Waals surface area contributed by atoms with E-state index in [1.165, 1.54) is 83.7 Å². The molecule has 1 aliphatic rings. The van der Waals surface area contributed by atoms with Crippen molar-refractivity contribution in [1.29, 1.82) is 0 Å². The summed E-state index contributed by atoms with van der Waals surface area (Å²) in [5, 5.41) is 0. The number of hydrogen-bond donors (Lipinski definition) is 0. The fraction of sp³-hybridized carbons (Fsp3) is 0.895. The van der Waals surface area contributed by atoms with Gasteiger partial charge >= 0.3 is 0 Å². The highest BCUT2D eigenvalue weighted by Gasteiger charge is 2.23. The minimum atomic E-state index is 0.627. The highest BCUT2D eigenvalue weighted by Crippen LogP contribution is 2.20. The maximum atomic E-state index is 2.57. The van der Waals surface area contributed by atoms with Crippen molar-refractivity contribution < 1.29 is 0 Å². The SMILES string of the molecule is CCCCCCCCCN1C=CN(CCCCC)C1CC. The molecule has 0 aromatic carbocycles. The Bertz CT molecular complexity index is 262. The van der Waals surface area contributed by atoms with Gasteiger partial charge in [0.1, 0.15) is 6.17 Å². The summed E-state index contributed by atoms with van der Waals surface area (Å²) in [5.41, 5.74) is 0. The first-order valence-electron chi connectivity index (χ1n) is 9.53. The van der Waals surface area contributed by atoms with Crippen LogP contribution in [0.2, 0.25) is 0 Å². The Morgan fingerprint density at radius 1 is 0.619 bits per heavy atom. The molecule has 0 N–H and O–H groups in total. The predicted octanol–water partition coefficient (Wildman–Crippen LogP) is 5.75. The predicted molar refractivity (Wildman–Crippen MR) is 94.1 cm³/mol. The minimum absolute atomic E-state index is 0.627. The van der Waals surface area contributed by atoms with Crippen LogP contribution in [0.5, 0.6) is 0 Å². The van der Waals surface area contributed by atoms with Crippen molar-refractivity contribution in [2.75, 3.05) is 13.1 Å². The van der Waals surface area contributed by atoms with Gasteiger partial charge in [0, 0.05) is 25.5 Å². The van der Waals surface area contributed by atoms with Gasteiger partial charge in [0.25, 0.3) is 0 Å². The third-order valence-electron chi connectivity index (χ3n) is 4.62. The zero-order valence-electron chi connectivity index (χ0n) is 14.8. The fourth-order valence-corrected chi connectivity index (χ4v) is 3.27. The van der Waals surface area contributed by atoms with Crippen LogP contribution in [0.4, 0.5) is 0 Å². The third-order valence-corrected chi connectivity index (χ3v) is 4.62. The quantitative estimate of drug-likeness (QED) is 0.399. The van der Waals surface area contributed by atoms with E-state index in [0.29, 0.717) is 6.17 Å². The lowest BCUT2D eigenvalue weighted by Gasteiger charge is -2.32. The number of hydrogen-bond acceptors (Lipinski definition) is 2. The Labute approximate surface area is 133 Å². The largest absolute Gasteiger partial charge is 0.356 e. The van der Waals surface area contributed by atoms with Gasteiger partial charge in [0.05, 0.1) is 0 Å². The molecule has 0 aliphatic carbocycles. The molecule has 1 heterocycles. The zero-order valence-corrected chi connectivity index (χ0v) is 14.8. The highest BCUT2D eigenvalue weighted by atomic mass is 15.4. The molecular formula is C19H38N2. The van der Waals surface area contributed by atoms with Crippen molar-refractivity contribution in [3.8, 4) is 0 Å². The Morgan fingerprint density at radius 2 is 1.05 bits per heavy atom. The van der Waals surface area contributed by atoms with Crippen LogP contribution in [0.3, 0.4) is 0 Å². The normalized spacial score (nSPS) is 18.0. The van der Waals surface area contributed by atoms with Crippen LogP contribution >= 0.6 is 0 Å². The average Bonchev–Trinajstić information content (AvgIpc) is 2.88. The monoisotopic (exact) mass is 294 g/mol. The molecule has 0 amide bonds. The summed E-state index contributed by atoms with van der Waals surface area (Å²) in [6.45, 7) is 9.37. The molecule has 0 fully saturated rings. The van der Waals surface area contributed by atoms with E-state index in [2.05, 4.69) is 43.0 Å². The Kier molecular flexibility index (Phi) is 10.5. The van der Waals surface area contributed by atoms with Crippen molar-refractivity contribution in [1.82, 2.24) is 9.80 Å². The van der Waals surface area contributed by atoms with E-state index < -0.39 is 0 Å². The summed E-state index contributed by atoms with van der Waals surface area (Å²) in [7, 11) is 0. The first kappa shape index (κ1) is 18.4. The van der Waals surface area contributed by atoms with Crippen LogP contribution in [0.1, 0.15) is 91.4 Å². The van der Waals surface area contributed by atoms with Crippen LogP contribution in [-0.4, -0.2) is 29.1 Å². The van der Waals surface area contributed by atoms with E-state index in [0.717, 1.165) is 0 Å².